The standard InChI is InChI=1S/C15H16O8/c16-5-10-12(19)13(20)14(21)15(23-10)7-3-6-1-2-11(18)22-9(6)4-8(7)17/h1-4,10,12-17,19-21H,5H2/t10-,12+,13+,14-,15?/m1/s1. The molecule has 1 aromatic carbocycles. The van der Waals surface area contributed by atoms with E-state index in [1.807, 2.05) is 0 Å². The van der Waals surface area contributed by atoms with Gasteiger partial charge in [0.1, 0.15) is 41.9 Å². The molecule has 1 fully saturated rings. The molecule has 3 rings (SSSR count). The average Bonchev–Trinajstić information content (AvgIpc) is 2.53. The first-order valence-corrected chi connectivity index (χ1v) is 6.99. The Labute approximate surface area is 129 Å². The quantitative estimate of drug-likeness (QED) is 0.444. The number of phenols is 1. The van der Waals surface area contributed by atoms with E-state index in [0.717, 1.165) is 0 Å². The van der Waals surface area contributed by atoms with Crippen LogP contribution >= 0.6 is 0 Å². The Bertz CT molecular complexity index is 768. The highest BCUT2D eigenvalue weighted by atomic mass is 16.5. The van der Waals surface area contributed by atoms with Gasteiger partial charge in [0, 0.05) is 23.1 Å². The van der Waals surface area contributed by atoms with Crippen molar-refractivity contribution in [3.8, 4) is 5.75 Å². The second kappa shape index (κ2) is 5.91. The maximum atomic E-state index is 11.2. The Hall–Kier alpha value is -1.97. The van der Waals surface area contributed by atoms with Gasteiger partial charge >= 0.3 is 5.63 Å². The first kappa shape index (κ1) is 15.9. The fourth-order valence-corrected chi connectivity index (χ4v) is 2.71. The second-order valence-electron chi connectivity index (χ2n) is 5.45. The first-order chi connectivity index (χ1) is 10.9. The van der Waals surface area contributed by atoms with E-state index in [9.17, 15) is 30.3 Å². The van der Waals surface area contributed by atoms with Crippen LogP contribution in [-0.4, -0.2) is 56.6 Å². The molecule has 0 bridgehead atoms. The highest BCUT2D eigenvalue weighted by Gasteiger charge is 2.44. The lowest BCUT2D eigenvalue weighted by atomic mass is 9.90. The van der Waals surface area contributed by atoms with Crippen LogP contribution in [0.2, 0.25) is 0 Å². The van der Waals surface area contributed by atoms with Crippen molar-refractivity contribution in [3.05, 3.63) is 40.2 Å². The van der Waals surface area contributed by atoms with Gasteiger partial charge in [-0.15, -0.1) is 0 Å². The minimum absolute atomic E-state index is 0.142. The molecular formula is C15H16O8. The Morgan fingerprint density at radius 2 is 1.78 bits per heavy atom. The lowest BCUT2D eigenvalue weighted by molar-refractivity contribution is -0.232. The highest BCUT2D eigenvalue weighted by molar-refractivity contribution is 5.79. The minimum Gasteiger partial charge on any atom is -0.507 e. The molecule has 8 heteroatoms. The van der Waals surface area contributed by atoms with Gasteiger partial charge in [-0.2, -0.15) is 0 Å². The van der Waals surface area contributed by atoms with Gasteiger partial charge in [-0.1, -0.05) is 0 Å². The molecule has 1 aliphatic heterocycles. The van der Waals surface area contributed by atoms with Crippen molar-refractivity contribution >= 4 is 11.0 Å². The Balaban J connectivity index is 2.06. The summed E-state index contributed by atoms with van der Waals surface area (Å²) in [7, 11) is 0. The van der Waals surface area contributed by atoms with Gasteiger partial charge in [0.05, 0.1) is 6.61 Å². The fourth-order valence-electron chi connectivity index (χ4n) is 2.71. The van der Waals surface area contributed by atoms with E-state index in [4.69, 9.17) is 9.15 Å². The van der Waals surface area contributed by atoms with Gasteiger partial charge in [0.25, 0.3) is 0 Å². The SMILES string of the molecule is O=c1ccc2cc(C3O[C@H](CO)[C@H](O)[C@H](O)[C@H]3O)c(O)cc2o1. The van der Waals surface area contributed by atoms with Crippen molar-refractivity contribution < 1.29 is 34.7 Å². The van der Waals surface area contributed by atoms with Crippen LogP contribution in [0.3, 0.4) is 0 Å². The molecule has 8 nitrogen and oxygen atoms in total. The number of benzene rings is 1. The number of hydrogen-bond donors (Lipinski definition) is 5. The third-order valence-electron chi connectivity index (χ3n) is 3.97. The minimum atomic E-state index is -1.55. The molecule has 1 aromatic heterocycles. The number of ether oxygens (including phenoxy) is 1. The van der Waals surface area contributed by atoms with E-state index in [2.05, 4.69) is 0 Å². The van der Waals surface area contributed by atoms with E-state index >= 15 is 0 Å². The molecule has 1 aliphatic rings. The van der Waals surface area contributed by atoms with Crippen molar-refractivity contribution in [1.29, 1.82) is 0 Å². The fraction of sp³-hybridized carbons (Fsp3) is 0.400. The lowest BCUT2D eigenvalue weighted by Gasteiger charge is -2.40. The largest absolute Gasteiger partial charge is 0.507 e. The second-order valence-corrected chi connectivity index (χ2v) is 5.45. The number of phenolic OH excluding ortho intramolecular Hbond substituents is 1. The molecule has 0 radical (unpaired) electrons. The third-order valence-corrected chi connectivity index (χ3v) is 3.97. The number of fused-ring (bicyclic) bond motifs is 1. The van der Waals surface area contributed by atoms with E-state index < -0.39 is 42.8 Å². The molecule has 1 saturated heterocycles. The number of aromatic hydroxyl groups is 1. The molecule has 2 aromatic rings. The van der Waals surface area contributed by atoms with Gasteiger partial charge in [-0.05, 0) is 12.1 Å². The van der Waals surface area contributed by atoms with Crippen molar-refractivity contribution in [3.63, 3.8) is 0 Å². The molecule has 0 amide bonds. The van der Waals surface area contributed by atoms with E-state index in [0.29, 0.717) is 5.39 Å². The van der Waals surface area contributed by atoms with Gasteiger partial charge in [-0.25, -0.2) is 4.79 Å². The van der Waals surface area contributed by atoms with Crippen LogP contribution in [0.25, 0.3) is 11.0 Å². The van der Waals surface area contributed by atoms with Crippen LogP contribution in [0.4, 0.5) is 0 Å². The zero-order valence-electron chi connectivity index (χ0n) is 11.9. The Morgan fingerprint density at radius 3 is 2.48 bits per heavy atom. The highest BCUT2D eigenvalue weighted by Crippen LogP contribution is 2.38. The molecule has 2 heterocycles. The maximum Gasteiger partial charge on any atom is 0.336 e. The summed E-state index contributed by atoms with van der Waals surface area (Å²) < 4.78 is 10.4. The molecule has 5 N–H and O–H groups in total. The zero-order valence-corrected chi connectivity index (χ0v) is 11.9. The summed E-state index contributed by atoms with van der Waals surface area (Å²) in [6.45, 7) is -0.565. The Kier molecular flexibility index (Phi) is 4.09. The van der Waals surface area contributed by atoms with Gasteiger partial charge < -0.3 is 34.7 Å². The van der Waals surface area contributed by atoms with E-state index in [1.165, 1.54) is 24.3 Å². The number of aliphatic hydroxyl groups is 4. The number of rotatable bonds is 2. The smallest absolute Gasteiger partial charge is 0.336 e. The van der Waals surface area contributed by atoms with Crippen molar-refractivity contribution in [2.45, 2.75) is 30.5 Å². The van der Waals surface area contributed by atoms with Crippen LogP contribution in [0.5, 0.6) is 5.75 Å². The molecular weight excluding hydrogens is 308 g/mol. The molecule has 5 atom stereocenters. The molecule has 1 unspecified atom stereocenters. The Morgan fingerprint density at radius 1 is 1.04 bits per heavy atom. The monoisotopic (exact) mass is 324 g/mol. The molecule has 0 saturated carbocycles. The maximum absolute atomic E-state index is 11.2. The molecule has 23 heavy (non-hydrogen) atoms. The van der Waals surface area contributed by atoms with Gasteiger partial charge in [0.15, 0.2) is 0 Å². The molecule has 0 spiro atoms. The zero-order chi connectivity index (χ0) is 16.7. The summed E-state index contributed by atoms with van der Waals surface area (Å²) in [5.74, 6) is -0.309. The summed E-state index contributed by atoms with van der Waals surface area (Å²) in [4.78, 5) is 11.2. The molecule has 0 aliphatic carbocycles. The van der Waals surface area contributed by atoms with Crippen LogP contribution in [-0.2, 0) is 4.74 Å². The van der Waals surface area contributed by atoms with Gasteiger partial charge in [-0.3, -0.25) is 0 Å². The third kappa shape index (κ3) is 2.71. The van der Waals surface area contributed by atoms with Crippen molar-refractivity contribution in [1.82, 2.24) is 0 Å². The predicted octanol–water partition coefficient (Wildman–Crippen LogP) is -0.987. The van der Waals surface area contributed by atoms with E-state index in [-0.39, 0.29) is 16.9 Å². The summed E-state index contributed by atoms with van der Waals surface area (Å²) in [5.41, 5.74) is -0.274. The summed E-state index contributed by atoms with van der Waals surface area (Å²) in [6, 6.07) is 5.33. The average molecular weight is 324 g/mol. The van der Waals surface area contributed by atoms with Crippen LogP contribution < -0.4 is 5.63 Å². The number of aliphatic hydroxyl groups excluding tert-OH is 4. The van der Waals surface area contributed by atoms with Crippen LogP contribution in [0, 0.1) is 0 Å². The van der Waals surface area contributed by atoms with Crippen LogP contribution in [0.15, 0.2) is 33.5 Å². The first-order valence-electron chi connectivity index (χ1n) is 6.99. The van der Waals surface area contributed by atoms with Crippen molar-refractivity contribution in [2.75, 3.05) is 6.61 Å². The normalized spacial score (nSPS) is 31.4. The van der Waals surface area contributed by atoms with Crippen molar-refractivity contribution in [2.24, 2.45) is 0 Å². The van der Waals surface area contributed by atoms with Crippen LogP contribution in [0.1, 0.15) is 11.7 Å². The summed E-state index contributed by atoms with van der Waals surface area (Å²) >= 11 is 0. The summed E-state index contributed by atoms with van der Waals surface area (Å²) in [6.07, 6.45) is -6.78. The summed E-state index contributed by atoms with van der Waals surface area (Å²) in [5, 5.41) is 49.6. The van der Waals surface area contributed by atoms with Gasteiger partial charge in [0.2, 0.25) is 0 Å². The number of hydrogen-bond acceptors (Lipinski definition) is 8. The lowest BCUT2D eigenvalue weighted by Crippen LogP contribution is -2.55. The topological polar surface area (TPSA) is 141 Å². The molecule has 124 valence electrons. The predicted molar refractivity (Wildman–Crippen MR) is 76.9 cm³/mol. The van der Waals surface area contributed by atoms with E-state index in [1.54, 1.807) is 0 Å².